The maximum Gasteiger partial charge on any atom is 0.416 e. The first-order valence-corrected chi connectivity index (χ1v) is 9.08. The Balaban J connectivity index is 1.88. The molecule has 0 atom stereocenters. The second kappa shape index (κ2) is 7.89. The van der Waals surface area contributed by atoms with Crippen LogP contribution in [0.1, 0.15) is 11.1 Å². The molecule has 0 saturated heterocycles. The number of nitrogens with one attached hydrogen (secondary N) is 2. The summed E-state index contributed by atoms with van der Waals surface area (Å²) in [4.78, 5) is 12.5. The van der Waals surface area contributed by atoms with E-state index in [0.29, 0.717) is 5.75 Å². The van der Waals surface area contributed by atoms with E-state index in [2.05, 4.69) is 0 Å². The third-order valence-corrected chi connectivity index (χ3v) is 4.86. The van der Waals surface area contributed by atoms with E-state index in [1.165, 1.54) is 24.5 Å². The summed E-state index contributed by atoms with van der Waals surface area (Å²) in [6, 6.07) is 13.7. The quantitative estimate of drug-likeness (QED) is 0.514. The first-order valence-electron chi connectivity index (χ1n) is 8.09. The minimum absolute atomic E-state index is 0.00365. The van der Waals surface area contributed by atoms with Crippen LogP contribution < -0.4 is 11.0 Å². The molecule has 0 spiro atoms. The van der Waals surface area contributed by atoms with Crippen molar-refractivity contribution in [3.05, 3.63) is 94.0 Å². The Labute approximate surface area is 162 Å². The van der Waals surface area contributed by atoms with Crippen LogP contribution in [0.25, 0.3) is 5.69 Å². The normalized spacial score (nSPS) is 11.4. The monoisotopic (exact) mass is 404 g/mol. The lowest BCUT2D eigenvalue weighted by atomic mass is 10.2. The van der Waals surface area contributed by atoms with Crippen LogP contribution in [0.4, 0.5) is 13.2 Å². The first-order chi connectivity index (χ1) is 13.3. The number of benzene rings is 2. The smallest absolute Gasteiger partial charge is 0.280 e. The fourth-order valence-corrected chi connectivity index (χ4v) is 3.28. The van der Waals surface area contributed by atoms with Gasteiger partial charge in [0.05, 0.1) is 5.56 Å². The maximum atomic E-state index is 12.9. The minimum Gasteiger partial charge on any atom is -0.280 e. The van der Waals surface area contributed by atoms with Crippen LogP contribution in [0, 0.1) is 10.8 Å². The van der Waals surface area contributed by atoms with Gasteiger partial charge in [0.25, 0.3) is 5.56 Å². The van der Waals surface area contributed by atoms with Crippen molar-refractivity contribution >= 4 is 16.9 Å². The molecule has 0 fully saturated rings. The van der Waals surface area contributed by atoms with Gasteiger partial charge in [-0.05, 0) is 23.8 Å². The van der Waals surface area contributed by atoms with Crippen molar-refractivity contribution in [1.29, 1.82) is 10.8 Å². The molecule has 9 heteroatoms. The summed E-state index contributed by atoms with van der Waals surface area (Å²) in [6.45, 7) is 0. The standard InChI is InChI=1S/C19H15F3N4OS/c20-19(21,22)14-7-4-8-15(11-14)25-9-10-26(16(23)17(25)27)18(24)28-12-13-5-2-1-3-6-13/h1-11,23-24H,12H2. The molecular formula is C19H15F3N4OS. The number of hydrogen-bond acceptors (Lipinski definition) is 4. The molecule has 1 heterocycles. The largest absolute Gasteiger partial charge is 0.416 e. The molecule has 0 aliphatic carbocycles. The predicted octanol–water partition coefficient (Wildman–Crippen LogP) is 3.85. The number of hydrogen-bond donors (Lipinski definition) is 2. The Kier molecular flexibility index (Phi) is 5.55. The van der Waals surface area contributed by atoms with Gasteiger partial charge in [-0.2, -0.15) is 13.2 Å². The molecule has 0 unspecified atom stereocenters. The molecule has 0 aliphatic rings. The van der Waals surface area contributed by atoms with Crippen LogP contribution in [0.15, 0.2) is 71.8 Å². The third-order valence-electron chi connectivity index (χ3n) is 3.92. The Morgan fingerprint density at radius 2 is 1.75 bits per heavy atom. The predicted molar refractivity (Wildman–Crippen MR) is 102 cm³/mol. The van der Waals surface area contributed by atoms with E-state index in [0.717, 1.165) is 38.6 Å². The van der Waals surface area contributed by atoms with Crippen LogP contribution in [0.5, 0.6) is 0 Å². The molecule has 144 valence electrons. The zero-order valence-corrected chi connectivity index (χ0v) is 15.2. The average molecular weight is 404 g/mol. The first kappa shape index (κ1) is 19.7. The highest BCUT2D eigenvalue weighted by Gasteiger charge is 2.30. The Hall–Kier alpha value is -3.07. The summed E-state index contributed by atoms with van der Waals surface area (Å²) in [6.07, 6.45) is -1.95. The molecule has 0 bridgehead atoms. The van der Waals surface area contributed by atoms with Gasteiger partial charge in [0, 0.05) is 23.8 Å². The zero-order chi connectivity index (χ0) is 20.3. The second-order valence-corrected chi connectivity index (χ2v) is 6.78. The van der Waals surface area contributed by atoms with Gasteiger partial charge in [0.1, 0.15) is 0 Å². The number of nitrogens with zero attached hydrogens (tertiary/aromatic N) is 2. The fourth-order valence-electron chi connectivity index (χ4n) is 2.49. The molecule has 3 aromatic rings. The van der Waals surface area contributed by atoms with Gasteiger partial charge in [0.2, 0.25) is 0 Å². The minimum atomic E-state index is -4.53. The van der Waals surface area contributed by atoms with E-state index in [1.807, 2.05) is 30.3 Å². The van der Waals surface area contributed by atoms with Gasteiger partial charge in [0.15, 0.2) is 10.7 Å². The topological polar surface area (TPSA) is 74.6 Å². The van der Waals surface area contributed by atoms with E-state index >= 15 is 0 Å². The van der Waals surface area contributed by atoms with Crippen molar-refractivity contribution in [3.8, 4) is 5.69 Å². The van der Waals surface area contributed by atoms with E-state index < -0.39 is 22.8 Å². The summed E-state index contributed by atoms with van der Waals surface area (Å²) in [7, 11) is 0. The lowest BCUT2D eigenvalue weighted by Gasteiger charge is -2.12. The molecule has 1 aromatic heterocycles. The molecule has 2 N–H and O–H groups in total. The van der Waals surface area contributed by atoms with Crippen molar-refractivity contribution in [2.75, 3.05) is 0 Å². The highest BCUT2D eigenvalue weighted by Crippen LogP contribution is 2.30. The maximum absolute atomic E-state index is 12.9. The number of alkyl halides is 3. The second-order valence-electron chi connectivity index (χ2n) is 5.82. The van der Waals surface area contributed by atoms with E-state index in [1.54, 1.807) is 0 Å². The summed E-state index contributed by atoms with van der Waals surface area (Å²) in [5.74, 6) is 0.489. The van der Waals surface area contributed by atoms with Crippen LogP contribution in [0.3, 0.4) is 0 Å². The van der Waals surface area contributed by atoms with Gasteiger partial charge in [-0.1, -0.05) is 48.2 Å². The van der Waals surface area contributed by atoms with Crippen molar-refractivity contribution in [2.45, 2.75) is 11.9 Å². The number of thioether (sulfide) groups is 1. The molecular weight excluding hydrogens is 389 g/mol. The Bertz CT molecular complexity index is 1120. The molecule has 5 nitrogen and oxygen atoms in total. The van der Waals surface area contributed by atoms with Gasteiger partial charge >= 0.3 is 6.18 Å². The molecule has 0 aliphatic heterocycles. The highest BCUT2D eigenvalue weighted by atomic mass is 32.2. The molecule has 28 heavy (non-hydrogen) atoms. The van der Waals surface area contributed by atoms with E-state index in [-0.39, 0.29) is 10.9 Å². The van der Waals surface area contributed by atoms with Gasteiger partial charge in [-0.15, -0.1) is 0 Å². The lowest BCUT2D eigenvalue weighted by Crippen LogP contribution is -2.41. The van der Waals surface area contributed by atoms with Crippen molar-refractivity contribution < 1.29 is 13.2 Å². The zero-order valence-electron chi connectivity index (χ0n) is 14.4. The third kappa shape index (κ3) is 4.25. The van der Waals surface area contributed by atoms with Crippen molar-refractivity contribution in [2.24, 2.45) is 0 Å². The highest BCUT2D eigenvalue weighted by molar-refractivity contribution is 8.13. The van der Waals surface area contributed by atoms with Crippen LogP contribution >= 0.6 is 11.8 Å². The van der Waals surface area contributed by atoms with E-state index in [4.69, 9.17) is 10.8 Å². The summed E-state index contributed by atoms with van der Waals surface area (Å²) in [5, 5.41) is 16.1. The molecule has 3 rings (SSSR count). The number of halogens is 3. The number of rotatable bonds is 3. The molecule has 2 aromatic carbocycles. The summed E-state index contributed by atoms with van der Waals surface area (Å²) < 4.78 is 40.8. The summed E-state index contributed by atoms with van der Waals surface area (Å²) >= 11 is 1.14. The summed E-state index contributed by atoms with van der Waals surface area (Å²) in [5.41, 5.74) is -1.21. The van der Waals surface area contributed by atoms with Crippen LogP contribution in [-0.2, 0) is 11.9 Å². The Morgan fingerprint density at radius 1 is 1.04 bits per heavy atom. The molecule has 0 saturated carbocycles. The molecule has 0 amide bonds. The fraction of sp³-hybridized carbons (Fsp3) is 0.105. The lowest BCUT2D eigenvalue weighted by molar-refractivity contribution is -0.137. The van der Waals surface area contributed by atoms with Gasteiger partial charge in [-0.25, -0.2) is 0 Å². The SMILES string of the molecule is N=C(SCc1ccccc1)n1ccn(-c2cccc(C(F)(F)F)c2)c(=O)c1=N. The van der Waals surface area contributed by atoms with Gasteiger partial charge < -0.3 is 0 Å². The van der Waals surface area contributed by atoms with Crippen LogP contribution in [0.2, 0.25) is 0 Å². The van der Waals surface area contributed by atoms with Crippen molar-refractivity contribution in [3.63, 3.8) is 0 Å². The molecule has 0 radical (unpaired) electrons. The van der Waals surface area contributed by atoms with Crippen molar-refractivity contribution in [1.82, 2.24) is 9.13 Å². The Morgan fingerprint density at radius 3 is 2.43 bits per heavy atom. The van der Waals surface area contributed by atoms with Crippen LogP contribution in [-0.4, -0.2) is 14.3 Å². The van der Waals surface area contributed by atoms with Gasteiger partial charge in [-0.3, -0.25) is 24.7 Å². The number of aromatic nitrogens is 2. The van der Waals surface area contributed by atoms with E-state index in [9.17, 15) is 18.0 Å². The average Bonchev–Trinajstić information content (AvgIpc) is 2.68.